The van der Waals surface area contributed by atoms with Crippen molar-refractivity contribution < 1.29 is 9.84 Å². The molecule has 3 N–H and O–H groups in total. The zero-order valence-corrected chi connectivity index (χ0v) is 9.02. The summed E-state index contributed by atoms with van der Waals surface area (Å²) in [6, 6.07) is 0.201. The van der Waals surface area contributed by atoms with Gasteiger partial charge in [-0.25, -0.2) is 0 Å². The van der Waals surface area contributed by atoms with E-state index in [0.29, 0.717) is 5.92 Å². The third-order valence-electron chi connectivity index (χ3n) is 2.71. The molecule has 0 aromatic heterocycles. The highest BCUT2D eigenvalue weighted by molar-refractivity contribution is 4.93. The molecule has 0 spiro atoms. The number of ether oxygens (including phenoxy) is 1. The summed E-state index contributed by atoms with van der Waals surface area (Å²) in [5.41, 5.74) is 5.77. The SMILES string of the molecule is CCC(CC(C)N)C1CC=CC(O)O1. The molecule has 0 saturated heterocycles. The molecular formula is C11H21NO2. The molecule has 82 valence electrons. The van der Waals surface area contributed by atoms with E-state index < -0.39 is 6.29 Å². The van der Waals surface area contributed by atoms with Crippen LogP contribution in [0.4, 0.5) is 0 Å². The Morgan fingerprint density at radius 3 is 2.86 bits per heavy atom. The highest BCUT2D eigenvalue weighted by Crippen LogP contribution is 2.24. The van der Waals surface area contributed by atoms with Crippen molar-refractivity contribution in [3.63, 3.8) is 0 Å². The fraction of sp³-hybridized carbons (Fsp3) is 0.818. The molecule has 0 aromatic carbocycles. The Morgan fingerprint density at radius 1 is 1.64 bits per heavy atom. The summed E-state index contributed by atoms with van der Waals surface area (Å²) < 4.78 is 5.45. The van der Waals surface area contributed by atoms with Gasteiger partial charge in [0.25, 0.3) is 0 Å². The highest BCUT2D eigenvalue weighted by Gasteiger charge is 2.24. The lowest BCUT2D eigenvalue weighted by molar-refractivity contribution is -0.130. The van der Waals surface area contributed by atoms with Crippen molar-refractivity contribution in [3.05, 3.63) is 12.2 Å². The van der Waals surface area contributed by atoms with Crippen molar-refractivity contribution in [2.24, 2.45) is 11.7 Å². The Morgan fingerprint density at radius 2 is 2.36 bits per heavy atom. The van der Waals surface area contributed by atoms with E-state index in [1.807, 2.05) is 13.0 Å². The van der Waals surface area contributed by atoms with Crippen molar-refractivity contribution in [2.45, 2.75) is 51.5 Å². The Hall–Kier alpha value is -0.380. The van der Waals surface area contributed by atoms with Gasteiger partial charge < -0.3 is 15.6 Å². The van der Waals surface area contributed by atoms with Crippen molar-refractivity contribution in [3.8, 4) is 0 Å². The van der Waals surface area contributed by atoms with E-state index in [0.717, 1.165) is 19.3 Å². The van der Waals surface area contributed by atoms with Crippen LogP contribution in [-0.4, -0.2) is 23.5 Å². The van der Waals surface area contributed by atoms with Crippen molar-refractivity contribution in [2.75, 3.05) is 0 Å². The summed E-state index contributed by atoms with van der Waals surface area (Å²) >= 11 is 0. The summed E-state index contributed by atoms with van der Waals surface area (Å²) in [6.07, 6.45) is 5.98. The van der Waals surface area contributed by atoms with Crippen LogP contribution < -0.4 is 5.73 Å². The molecule has 0 bridgehead atoms. The van der Waals surface area contributed by atoms with Gasteiger partial charge in [0.15, 0.2) is 6.29 Å². The van der Waals surface area contributed by atoms with Gasteiger partial charge in [0.2, 0.25) is 0 Å². The number of nitrogens with two attached hydrogens (primary N) is 1. The maximum absolute atomic E-state index is 9.32. The second-order valence-corrected chi connectivity index (χ2v) is 4.11. The minimum Gasteiger partial charge on any atom is -0.365 e. The molecule has 3 heteroatoms. The van der Waals surface area contributed by atoms with Gasteiger partial charge in [0, 0.05) is 6.04 Å². The molecule has 0 saturated carbocycles. The average molecular weight is 199 g/mol. The molecule has 1 aliphatic rings. The van der Waals surface area contributed by atoms with Crippen molar-refractivity contribution >= 4 is 0 Å². The molecule has 0 radical (unpaired) electrons. The normalized spacial score (nSPS) is 31.4. The van der Waals surface area contributed by atoms with Gasteiger partial charge >= 0.3 is 0 Å². The predicted molar refractivity (Wildman–Crippen MR) is 56.7 cm³/mol. The quantitative estimate of drug-likeness (QED) is 0.673. The Bertz CT molecular complexity index is 192. The van der Waals surface area contributed by atoms with E-state index in [9.17, 15) is 5.11 Å². The first-order valence-corrected chi connectivity index (χ1v) is 5.39. The number of aliphatic hydroxyl groups is 1. The van der Waals surface area contributed by atoms with Crippen LogP contribution in [0.25, 0.3) is 0 Å². The largest absolute Gasteiger partial charge is 0.365 e. The lowest BCUT2D eigenvalue weighted by Gasteiger charge is -2.30. The monoisotopic (exact) mass is 199 g/mol. The number of hydrogen-bond acceptors (Lipinski definition) is 3. The molecule has 4 atom stereocenters. The van der Waals surface area contributed by atoms with Crippen LogP contribution in [0, 0.1) is 5.92 Å². The Balaban J connectivity index is 2.48. The molecule has 1 heterocycles. The van der Waals surface area contributed by atoms with E-state index in [4.69, 9.17) is 10.5 Å². The number of aliphatic hydroxyl groups excluding tert-OH is 1. The van der Waals surface area contributed by atoms with Gasteiger partial charge in [0.05, 0.1) is 6.10 Å². The van der Waals surface area contributed by atoms with E-state index in [-0.39, 0.29) is 12.1 Å². The minimum atomic E-state index is -0.726. The highest BCUT2D eigenvalue weighted by atomic mass is 16.6. The fourth-order valence-electron chi connectivity index (χ4n) is 1.97. The molecule has 0 fully saturated rings. The van der Waals surface area contributed by atoms with Gasteiger partial charge in [-0.15, -0.1) is 0 Å². The van der Waals surface area contributed by atoms with Crippen LogP contribution in [0.5, 0.6) is 0 Å². The zero-order chi connectivity index (χ0) is 10.6. The smallest absolute Gasteiger partial charge is 0.174 e. The summed E-state index contributed by atoms with van der Waals surface area (Å²) in [5.74, 6) is 0.453. The summed E-state index contributed by atoms with van der Waals surface area (Å²) in [6.45, 7) is 4.15. The van der Waals surface area contributed by atoms with Crippen LogP contribution in [-0.2, 0) is 4.74 Å². The van der Waals surface area contributed by atoms with E-state index >= 15 is 0 Å². The number of rotatable bonds is 4. The van der Waals surface area contributed by atoms with Crippen LogP contribution in [0.1, 0.15) is 33.1 Å². The van der Waals surface area contributed by atoms with Gasteiger partial charge in [-0.2, -0.15) is 0 Å². The zero-order valence-electron chi connectivity index (χ0n) is 9.02. The first kappa shape index (κ1) is 11.7. The first-order chi connectivity index (χ1) is 6.63. The molecular weight excluding hydrogens is 178 g/mol. The lowest BCUT2D eigenvalue weighted by Crippen LogP contribution is -2.33. The molecule has 4 unspecified atom stereocenters. The van der Waals surface area contributed by atoms with Crippen LogP contribution >= 0.6 is 0 Å². The standard InChI is InChI=1S/C11H21NO2/c1-3-9(7-8(2)12)10-5-4-6-11(13)14-10/h4,6,8-11,13H,3,5,7,12H2,1-2H3. The van der Waals surface area contributed by atoms with Gasteiger partial charge in [0.1, 0.15) is 0 Å². The maximum Gasteiger partial charge on any atom is 0.174 e. The third kappa shape index (κ3) is 3.40. The second-order valence-electron chi connectivity index (χ2n) is 4.11. The van der Waals surface area contributed by atoms with Crippen LogP contribution in [0.2, 0.25) is 0 Å². The molecule has 0 amide bonds. The van der Waals surface area contributed by atoms with Crippen molar-refractivity contribution in [1.29, 1.82) is 0 Å². The topological polar surface area (TPSA) is 55.5 Å². The van der Waals surface area contributed by atoms with E-state index in [1.165, 1.54) is 0 Å². The summed E-state index contributed by atoms with van der Waals surface area (Å²) in [4.78, 5) is 0. The average Bonchev–Trinajstić information content (AvgIpc) is 2.14. The summed E-state index contributed by atoms with van der Waals surface area (Å²) in [7, 11) is 0. The number of hydrogen-bond donors (Lipinski definition) is 2. The maximum atomic E-state index is 9.32. The molecule has 14 heavy (non-hydrogen) atoms. The molecule has 1 rings (SSSR count). The Kier molecular flexibility index (Phi) is 4.58. The third-order valence-corrected chi connectivity index (χ3v) is 2.71. The van der Waals surface area contributed by atoms with E-state index in [2.05, 4.69) is 6.92 Å². The lowest BCUT2D eigenvalue weighted by atomic mass is 9.90. The van der Waals surface area contributed by atoms with Gasteiger partial charge in [-0.05, 0) is 31.8 Å². The molecule has 1 aliphatic heterocycles. The van der Waals surface area contributed by atoms with Crippen molar-refractivity contribution in [1.82, 2.24) is 0 Å². The second kappa shape index (κ2) is 5.49. The van der Waals surface area contributed by atoms with Crippen LogP contribution in [0.3, 0.4) is 0 Å². The Labute approximate surface area is 85.9 Å². The van der Waals surface area contributed by atoms with Gasteiger partial charge in [-0.3, -0.25) is 0 Å². The van der Waals surface area contributed by atoms with Crippen LogP contribution in [0.15, 0.2) is 12.2 Å². The molecule has 0 aromatic rings. The first-order valence-electron chi connectivity index (χ1n) is 5.39. The fourth-order valence-corrected chi connectivity index (χ4v) is 1.97. The van der Waals surface area contributed by atoms with Gasteiger partial charge in [-0.1, -0.05) is 19.4 Å². The predicted octanol–water partition coefficient (Wildman–Crippen LogP) is 1.41. The minimum absolute atomic E-state index is 0.131. The molecule has 3 nitrogen and oxygen atoms in total. The molecule has 0 aliphatic carbocycles. The van der Waals surface area contributed by atoms with E-state index in [1.54, 1.807) is 6.08 Å². The summed E-state index contributed by atoms with van der Waals surface area (Å²) in [5, 5.41) is 9.32.